The van der Waals surface area contributed by atoms with E-state index in [1.165, 1.54) is 0 Å². The van der Waals surface area contributed by atoms with Crippen LogP contribution in [0.4, 0.5) is 22.0 Å². The monoisotopic (exact) mass is 281 g/mol. The van der Waals surface area contributed by atoms with Crippen LogP contribution in [-0.2, 0) is 10.2 Å². The molecule has 1 heterocycles. The van der Waals surface area contributed by atoms with E-state index >= 15 is 0 Å². The van der Waals surface area contributed by atoms with Crippen molar-refractivity contribution >= 4 is 5.97 Å². The Labute approximate surface area is 104 Å². The molecule has 104 valence electrons. The maximum absolute atomic E-state index is 13.6. The fourth-order valence-electron chi connectivity index (χ4n) is 2.22. The topological polar surface area (TPSA) is 49.3 Å². The molecule has 1 aliphatic rings. The van der Waals surface area contributed by atoms with Crippen LogP contribution in [-0.4, -0.2) is 24.2 Å². The predicted octanol–water partition coefficient (Wildman–Crippen LogP) is 1.70. The zero-order valence-electron chi connectivity index (χ0n) is 9.37. The highest BCUT2D eigenvalue weighted by Crippen LogP contribution is 2.37. The van der Waals surface area contributed by atoms with Crippen LogP contribution in [0.15, 0.2) is 0 Å². The van der Waals surface area contributed by atoms with E-state index in [0.717, 1.165) is 0 Å². The first-order chi connectivity index (χ1) is 8.83. The van der Waals surface area contributed by atoms with Crippen LogP contribution in [0.25, 0.3) is 0 Å². The first kappa shape index (κ1) is 13.7. The van der Waals surface area contributed by atoms with Crippen molar-refractivity contribution in [1.29, 1.82) is 0 Å². The van der Waals surface area contributed by atoms with Crippen LogP contribution >= 0.6 is 0 Å². The molecule has 1 aliphatic heterocycles. The highest BCUT2D eigenvalue weighted by molar-refractivity contribution is 5.82. The van der Waals surface area contributed by atoms with Crippen molar-refractivity contribution in [3.05, 3.63) is 34.6 Å². The second-order valence-corrected chi connectivity index (χ2v) is 4.26. The summed E-state index contributed by atoms with van der Waals surface area (Å²) in [5.74, 6) is -12.4. The summed E-state index contributed by atoms with van der Waals surface area (Å²) in [7, 11) is 0. The van der Waals surface area contributed by atoms with Crippen molar-refractivity contribution in [1.82, 2.24) is 5.32 Å². The molecule has 3 nitrogen and oxygen atoms in total. The summed E-state index contributed by atoms with van der Waals surface area (Å²) in [6.07, 6.45) is -0.263. The van der Waals surface area contributed by atoms with Gasteiger partial charge >= 0.3 is 5.97 Å². The number of rotatable bonds is 2. The molecule has 1 unspecified atom stereocenters. The van der Waals surface area contributed by atoms with Gasteiger partial charge in [0.15, 0.2) is 23.3 Å². The quantitative estimate of drug-likeness (QED) is 0.493. The highest BCUT2D eigenvalue weighted by atomic mass is 19.2. The van der Waals surface area contributed by atoms with Crippen molar-refractivity contribution in [3.8, 4) is 0 Å². The van der Waals surface area contributed by atoms with Crippen LogP contribution in [0.2, 0.25) is 0 Å². The molecule has 2 rings (SSSR count). The molecule has 1 atom stereocenters. The summed E-state index contributed by atoms with van der Waals surface area (Å²) < 4.78 is 66.4. The van der Waals surface area contributed by atoms with E-state index < -0.39 is 52.6 Å². The van der Waals surface area contributed by atoms with Crippen LogP contribution in [0.1, 0.15) is 12.0 Å². The van der Waals surface area contributed by atoms with E-state index in [4.69, 9.17) is 5.11 Å². The van der Waals surface area contributed by atoms with Crippen molar-refractivity contribution in [2.45, 2.75) is 11.8 Å². The summed E-state index contributed by atoms with van der Waals surface area (Å²) in [5.41, 5.74) is -3.44. The number of nitrogens with one attached hydrogen (secondary N) is 1. The summed E-state index contributed by atoms with van der Waals surface area (Å²) in [5, 5.41) is 11.7. The van der Waals surface area contributed by atoms with Gasteiger partial charge in [0, 0.05) is 12.1 Å². The Morgan fingerprint density at radius 2 is 1.47 bits per heavy atom. The fourth-order valence-corrected chi connectivity index (χ4v) is 2.22. The Morgan fingerprint density at radius 1 is 1.00 bits per heavy atom. The molecular formula is C11H8F5NO2. The first-order valence-electron chi connectivity index (χ1n) is 5.29. The Balaban J connectivity index is 2.78. The molecular weight excluding hydrogens is 273 g/mol. The summed E-state index contributed by atoms with van der Waals surface area (Å²) in [6, 6.07) is 0. The molecule has 0 aliphatic carbocycles. The molecule has 0 radical (unpaired) electrons. The van der Waals surface area contributed by atoms with E-state index in [-0.39, 0.29) is 13.0 Å². The van der Waals surface area contributed by atoms with E-state index in [9.17, 15) is 26.7 Å². The van der Waals surface area contributed by atoms with Gasteiger partial charge in [-0.05, 0) is 13.0 Å². The normalized spacial score (nSPS) is 22.8. The lowest BCUT2D eigenvalue weighted by Gasteiger charge is -2.25. The van der Waals surface area contributed by atoms with Gasteiger partial charge < -0.3 is 10.4 Å². The minimum Gasteiger partial charge on any atom is -0.481 e. The van der Waals surface area contributed by atoms with Gasteiger partial charge in [-0.25, -0.2) is 22.0 Å². The summed E-state index contributed by atoms with van der Waals surface area (Å²) in [6.45, 7) is -0.299. The molecule has 0 spiro atoms. The lowest BCUT2D eigenvalue weighted by atomic mass is 9.79. The van der Waals surface area contributed by atoms with Crippen LogP contribution in [0.3, 0.4) is 0 Å². The van der Waals surface area contributed by atoms with Crippen molar-refractivity contribution in [2.75, 3.05) is 13.1 Å². The van der Waals surface area contributed by atoms with Gasteiger partial charge in [0.2, 0.25) is 5.82 Å². The van der Waals surface area contributed by atoms with E-state index in [1.807, 2.05) is 0 Å². The molecule has 1 aromatic rings. The SMILES string of the molecule is O=C(O)C1(c2c(F)c(F)c(F)c(F)c2F)CCNC1. The van der Waals surface area contributed by atoms with Crippen molar-refractivity contribution in [3.63, 3.8) is 0 Å². The van der Waals surface area contributed by atoms with Gasteiger partial charge in [0.25, 0.3) is 0 Å². The largest absolute Gasteiger partial charge is 0.481 e. The molecule has 0 saturated carbocycles. The highest BCUT2D eigenvalue weighted by Gasteiger charge is 2.49. The fraction of sp³-hybridized carbons (Fsp3) is 0.364. The number of carboxylic acid groups (broad SMARTS) is 1. The van der Waals surface area contributed by atoms with Gasteiger partial charge in [-0.15, -0.1) is 0 Å². The predicted molar refractivity (Wildman–Crippen MR) is 53.0 cm³/mol. The average Bonchev–Trinajstić information content (AvgIpc) is 2.85. The van der Waals surface area contributed by atoms with Gasteiger partial charge in [-0.2, -0.15) is 0 Å². The number of carboxylic acids is 1. The molecule has 1 fully saturated rings. The van der Waals surface area contributed by atoms with Gasteiger partial charge in [0.1, 0.15) is 5.41 Å². The van der Waals surface area contributed by atoms with Gasteiger partial charge in [0.05, 0.1) is 0 Å². The molecule has 8 heteroatoms. The molecule has 0 amide bonds. The lowest BCUT2D eigenvalue weighted by Crippen LogP contribution is -2.40. The number of aliphatic carboxylic acids is 1. The minimum absolute atomic E-state index is 0.103. The van der Waals surface area contributed by atoms with E-state index in [1.54, 1.807) is 0 Å². The van der Waals surface area contributed by atoms with Crippen LogP contribution < -0.4 is 5.32 Å². The van der Waals surface area contributed by atoms with E-state index in [0.29, 0.717) is 0 Å². The number of halogens is 5. The molecule has 19 heavy (non-hydrogen) atoms. The maximum atomic E-state index is 13.6. The minimum atomic E-state index is -2.30. The molecule has 1 aromatic carbocycles. The first-order valence-corrected chi connectivity index (χ1v) is 5.29. The number of hydrogen-bond acceptors (Lipinski definition) is 2. The Kier molecular flexibility index (Phi) is 3.21. The molecule has 2 N–H and O–H groups in total. The van der Waals surface area contributed by atoms with Crippen molar-refractivity contribution < 1.29 is 31.9 Å². The molecule has 1 saturated heterocycles. The summed E-state index contributed by atoms with van der Waals surface area (Å²) >= 11 is 0. The Morgan fingerprint density at radius 3 is 1.84 bits per heavy atom. The third-order valence-electron chi connectivity index (χ3n) is 3.25. The second-order valence-electron chi connectivity index (χ2n) is 4.26. The van der Waals surface area contributed by atoms with Crippen molar-refractivity contribution in [2.24, 2.45) is 0 Å². The van der Waals surface area contributed by atoms with E-state index in [2.05, 4.69) is 5.32 Å². The average molecular weight is 281 g/mol. The zero-order valence-corrected chi connectivity index (χ0v) is 9.37. The second kappa shape index (κ2) is 4.44. The molecule has 0 bridgehead atoms. The lowest BCUT2D eigenvalue weighted by molar-refractivity contribution is -0.143. The van der Waals surface area contributed by atoms with Crippen LogP contribution in [0.5, 0.6) is 0 Å². The maximum Gasteiger partial charge on any atom is 0.315 e. The number of carbonyl (C=O) groups is 1. The smallest absolute Gasteiger partial charge is 0.315 e. The van der Waals surface area contributed by atoms with Gasteiger partial charge in [-0.1, -0.05) is 0 Å². The summed E-state index contributed by atoms with van der Waals surface area (Å²) in [4.78, 5) is 11.2. The Hall–Kier alpha value is -1.70. The standard InChI is InChI=1S/C11H8F5NO2/c12-5-4(6(13)8(15)9(16)7(5)14)11(10(18)19)1-2-17-3-11/h17H,1-3H2,(H,18,19). The van der Waals surface area contributed by atoms with Crippen LogP contribution in [0, 0.1) is 29.1 Å². The zero-order chi connectivity index (χ0) is 14.4. The number of benzene rings is 1. The third-order valence-corrected chi connectivity index (χ3v) is 3.25. The molecule has 0 aromatic heterocycles. The number of hydrogen-bond donors (Lipinski definition) is 2. The third kappa shape index (κ3) is 1.78. The Bertz CT molecular complexity index is 526. The van der Waals surface area contributed by atoms with Gasteiger partial charge in [-0.3, -0.25) is 4.79 Å².